The van der Waals surface area contributed by atoms with Gasteiger partial charge in [-0.1, -0.05) is 48.0 Å². The minimum atomic E-state index is 0.127. The van der Waals surface area contributed by atoms with Gasteiger partial charge in [0.15, 0.2) is 0 Å². The number of rotatable bonds is 2. The van der Waals surface area contributed by atoms with Crippen molar-refractivity contribution in [3.63, 3.8) is 0 Å². The van der Waals surface area contributed by atoms with Crippen LogP contribution in [0.4, 0.5) is 5.82 Å². The van der Waals surface area contributed by atoms with Crippen LogP contribution < -0.4 is 5.32 Å². The molecule has 1 aromatic rings. The van der Waals surface area contributed by atoms with Crippen molar-refractivity contribution in [1.29, 1.82) is 0 Å². The lowest BCUT2D eigenvalue weighted by atomic mass is 9.90. The van der Waals surface area contributed by atoms with Crippen LogP contribution in [0.25, 0.3) is 0 Å². The van der Waals surface area contributed by atoms with Crippen LogP contribution in [-0.4, -0.2) is 10.9 Å². The second-order valence-electron chi connectivity index (χ2n) is 4.89. The Bertz CT molecular complexity index is 401. The van der Waals surface area contributed by atoms with Crippen molar-refractivity contribution in [2.75, 3.05) is 5.32 Å². The van der Waals surface area contributed by atoms with Crippen molar-refractivity contribution >= 4 is 27.7 Å². The lowest BCUT2D eigenvalue weighted by molar-refractivity contribution is -0.120. The Balaban J connectivity index is 1.93. The fourth-order valence-electron chi connectivity index (χ4n) is 2.42. The van der Waals surface area contributed by atoms with E-state index in [0.717, 1.165) is 17.3 Å². The first-order valence-electron chi connectivity index (χ1n) is 6.68. The van der Waals surface area contributed by atoms with E-state index >= 15 is 0 Å². The highest BCUT2D eigenvalue weighted by Gasteiger charge is 2.19. The molecule has 98 valence electrons. The average molecular weight is 311 g/mol. The van der Waals surface area contributed by atoms with Crippen LogP contribution in [0.1, 0.15) is 44.9 Å². The number of amides is 1. The van der Waals surface area contributed by atoms with Crippen LogP contribution in [-0.2, 0) is 4.79 Å². The number of hydrogen-bond acceptors (Lipinski definition) is 2. The van der Waals surface area contributed by atoms with Gasteiger partial charge in [0.2, 0.25) is 5.91 Å². The molecule has 1 amide bonds. The van der Waals surface area contributed by atoms with E-state index in [4.69, 9.17) is 0 Å². The summed E-state index contributed by atoms with van der Waals surface area (Å²) >= 11 is 3.38. The molecule has 1 fully saturated rings. The Labute approximate surface area is 117 Å². The van der Waals surface area contributed by atoms with Crippen LogP contribution >= 0.6 is 15.9 Å². The first-order chi connectivity index (χ1) is 8.75. The maximum Gasteiger partial charge on any atom is 0.228 e. The van der Waals surface area contributed by atoms with E-state index in [1.54, 1.807) is 6.20 Å². The monoisotopic (exact) mass is 310 g/mol. The summed E-state index contributed by atoms with van der Waals surface area (Å²) in [6.07, 6.45) is 9.91. The molecule has 0 spiro atoms. The number of pyridine rings is 1. The molecule has 0 saturated heterocycles. The number of halogens is 1. The van der Waals surface area contributed by atoms with Crippen LogP contribution in [0.3, 0.4) is 0 Å². The molecule has 1 N–H and O–H groups in total. The molecule has 0 bridgehead atoms. The van der Waals surface area contributed by atoms with E-state index in [1.807, 2.05) is 12.1 Å². The molecular formula is C14H19BrN2O. The van der Waals surface area contributed by atoms with Gasteiger partial charge in [0, 0.05) is 16.6 Å². The Morgan fingerprint density at radius 1 is 1.22 bits per heavy atom. The second kappa shape index (κ2) is 6.88. The summed E-state index contributed by atoms with van der Waals surface area (Å²) in [4.78, 5) is 16.3. The Morgan fingerprint density at radius 2 is 1.89 bits per heavy atom. The first-order valence-corrected chi connectivity index (χ1v) is 7.47. The molecule has 0 radical (unpaired) electrons. The first kappa shape index (κ1) is 13.5. The van der Waals surface area contributed by atoms with Crippen LogP contribution in [0, 0.1) is 5.92 Å². The van der Waals surface area contributed by atoms with Gasteiger partial charge in [-0.2, -0.15) is 0 Å². The fraction of sp³-hybridized carbons (Fsp3) is 0.571. The second-order valence-corrected chi connectivity index (χ2v) is 5.81. The van der Waals surface area contributed by atoms with Gasteiger partial charge in [-0.25, -0.2) is 4.98 Å². The van der Waals surface area contributed by atoms with Gasteiger partial charge >= 0.3 is 0 Å². The zero-order valence-electron chi connectivity index (χ0n) is 10.5. The van der Waals surface area contributed by atoms with Crippen molar-refractivity contribution in [3.8, 4) is 0 Å². The molecule has 0 atom stereocenters. The quantitative estimate of drug-likeness (QED) is 0.892. The van der Waals surface area contributed by atoms with Gasteiger partial charge < -0.3 is 5.32 Å². The number of nitrogens with one attached hydrogen (secondary N) is 1. The summed E-state index contributed by atoms with van der Waals surface area (Å²) in [5.41, 5.74) is 0. The minimum Gasteiger partial charge on any atom is -0.310 e. The molecule has 0 aromatic carbocycles. The highest BCUT2D eigenvalue weighted by Crippen LogP contribution is 2.23. The summed E-state index contributed by atoms with van der Waals surface area (Å²) < 4.78 is 0.936. The summed E-state index contributed by atoms with van der Waals surface area (Å²) in [5.74, 6) is 0.921. The largest absolute Gasteiger partial charge is 0.310 e. The molecule has 0 unspecified atom stereocenters. The van der Waals surface area contributed by atoms with E-state index in [1.165, 1.54) is 32.1 Å². The lowest BCUT2D eigenvalue weighted by Crippen LogP contribution is -2.24. The van der Waals surface area contributed by atoms with E-state index < -0.39 is 0 Å². The highest BCUT2D eigenvalue weighted by molar-refractivity contribution is 9.10. The standard InChI is InChI=1S/C14H19BrN2O/c15-12-8-9-16-13(10-12)17-14(18)11-6-4-2-1-3-5-7-11/h8-11H,1-7H2,(H,16,17,18). The maximum absolute atomic E-state index is 12.2. The van der Waals surface area contributed by atoms with Gasteiger partial charge in [-0.15, -0.1) is 0 Å². The Kier molecular flexibility index (Phi) is 5.17. The van der Waals surface area contributed by atoms with E-state index in [-0.39, 0.29) is 11.8 Å². The molecule has 0 aliphatic heterocycles. The van der Waals surface area contributed by atoms with Crippen LogP contribution in [0.15, 0.2) is 22.8 Å². The fourth-order valence-corrected chi connectivity index (χ4v) is 2.75. The molecule has 4 heteroatoms. The molecule has 1 heterocycles. The predicted molar refractivity (Wildman–Crippen MR) is 76.4 cm³/mol. The Hall–Kier alpha value is -0.900. The van der Waals surface area contributed by atoms with Crippen molar-refractivity contribution in [1.82, 2.24) is 4.98 Å². The number of hydrogen-bond donors (Lipinski definition) is 1. The van der Waals surface area contributed by atoms with Crippen LogP contribution in [0.2, 0.25) is 0 Å². The van der Waals surface area contributed by atoms with E-state index in [2.05, 4.69) is 26.2 Å². The molecule has 1 aromatic heterocycles. The van der Waals surface area contributed by atoms with Gasteiger partial charge in [0.05, 0.1) is 0 Å². The number of carbonyl (C=O) groups is 1. The van der Waals surface area contributed by atoms with Crippen molar-refractivity contribution in [2.45, 2.75) is 44.9 Å². The lowest BCUT2D eigenvalue weighted by Gasteiger charge is -2.18. The van der Waals surface area contributed by atoms with Crippen molar-refractivity contribution < 1.29 is 4.79 Å². The smallest absolute Gasteiger partial charge is 0.228 e. The number of nitrogens with zero attached hydrogens (tertiary/aromatic N) is 1. The predicted octanol–water partition coefficient (Wildman–Crippen LogP) is 4.14. The van der Waals surface area contributed by atoms with Crippen molar-refractivity contribution in [3.05, 3.63) is 22.8 Å². The number of carbonyl (C=O) groups excluding carboxylic acids is 1. The normalized spacial score (nSPS) is 17.8. The minimum absolute atomic E-state index is 0.127. The van der Waals surface area contributed by atoms with E-state index in [9.17, 15) is 4.79 Å². The molecule has 2 rings (SSSR count). The molecule has 1 aliphatic rings. The third-order valence-corrected chi connectivity index (χ3v) is 3.94. The molecule has 18 heavy (non-hydrogen) atoms. The molecular weight excluding hydrogens is 292 g/mol. The molecule has 1 saturated carbocycles. The molecule has 1 aliphatic carbocycles. The zero-order valence-corrected chi connectivity index (χ0v) is 12.1. The Morgan fingerprint density at radius 3 is 2.56 bits per heavy atom. The van der Waals surface area contributed by atoms with Gasteiger partial charge in [0.25, 0.3) is 0 Å². The van der Waals surface area contributed by atoms with Gasteiger partial charge in [0.1, 0.15) is 5.82 Å². The number of aromatic nitrogens is 1. The summed E-state index contributed by atoms with van der Waals surface area (Å²) in [6, 6.07) is 3.69. The summed E-state index contributed by atoms with van der Waals surface area (Å²) in [5, 5.41) is 2.92. The topological polar surface area (TPSA) is 42.0 Å². The van der Waals surface area contributed by atoms with Gasteiger partial charge in [-0.05, 0) is 25.0 Å². The molecule has 3 nitrogen and oxygen atoms in total. The van der Waals surface area contributed by atoms with E-state index in [0.29, 0.717) is 5.82 Å². The third kappa shape index (κ3) is 4.09. The number of anilines is 1. The van der Waals surface area contributed by atoms with Crippen LogP contribution in [0.5, 0.6) is 0 Å². The van der Waals surface area contributed by atoms with Crippen molar-refractivity contribution in [2.24, 2.45) is 5.92 Å². The average Bonchev–Trinajstić information content (AvgIpc) is 2.28. The maximum atomic E-state index is 12.2. The SMILES string of the molecule is O=C(Nc1cc(Br)ccn1)C1CCCCCCC1. The van der Waals surface area contributed by atoms with Gasteiger partial charge in [-0.3, -0.25) is 4.79 Å². The zero-order chi connectivity index (χ0) is 12.8. The highest BCUT2D eigenvalue weighted by atomic mass is 79.9. The summed E-state index contributed by atoms with van der Waals surface area (Å²) in [7, 11) is 0. The third-order valence-electron chi connectivity index (χ3n) is 3.45. The summed E-state index contributed by atoms with van der Waals surface area (Å²) in [6.45, 7) is 0.